The molecule has 0 rings (SSSR count). The van der Waals surface area contributed by atoms with E-state index in [2.05, 4.69) is 35.6 Å². The first-order valence-electron chi connectivity index (χ1n) is 3.10. The summed E-state index contributed by atoms with van der Waals surface area (Å²) in [6, 6.07) is 0. The SMILES string of the molecule is C#CC(=NOC)[Si](C)(C)C. The van der Waals surface area contributed by atoms with Gasteiger partial charge < -0.3 is 4.84 Å². The number of oxime groups is 1. The van der Waals surface area contributed by atoms with Crippen LogP contribution in [0, 0.1) is 12.3 Å². The van der Waals surface area contributed by atoms with Crippen LogP contribution in [0.2, 0.25) is 19.6 Å². The van der Waals surface area contributed by atoms with E-state index >= 15 is 0 Å². The van der Waals surface area contributed by atoms with Crippen molar-refractivity contribution in [3.8, 4) is 12.3 Å². The lowest BCUT2D eigenvalue weighted by molar-refractivity contribution is 0.215. The first kappa shape index (κ1) is 9.25. The molecule has 0 atom stereocenters. The molecule has 0 aliphatic carbocycles. The average molecular weight is 155 g/mol. The van der Waals surface area contributed by atoms with Gasteiger partial charge in [-0.15, -0.1) is 6.42 Å². The Bertz CT molecular complexity index is 173. The molecular formula is C7H13NOSi. The Labute approximate surface area is 63.3 Å². The van der Waals surface area contributed by atoms with Crippen LogP contribution in [-0.4, -0.2) is 20.5 Å². The van der Waals surface area contributed by atoms with E-state index in [1.807, 2.05) is 0 Å². The van der Waals surface area contributed by atoms with E-state index in [1.165, 1.54) is 7.11 Å². The van der Waals surface area contributed by atoms with Gasteiger partial charge >= 0.3 is 0 Å². The van der Waals surface area contributed by atoms with Crippen LogP contribution in [-0.2, 0) is 4.84 Å². The second-order valence-electron chi connectivity index (χ2n) is 3.02. The van der Waals surface area contributed by atoms with Gasteiger partial charge in [0, 0.05) is 0 Å². The summed E-state index contributed by atoms with van der Waals surface area (Å²) >= 11 is 0. The minimum Gasteiger partial charge on any atom is -0.399 e. The van der Waals surface area contributed by atoms with E-state index in [0.717, 1.165) is 5.33 Å². The fraction of sp³-hybridized carbons (Fsp3) is 0.571. The van der Waals surface area contributed by atoms with E-state index in [9.17, 15) is 0 Å². The molecular weight excluding hydrogens is 142 g/mol. The lowest BCUT2D eigenvalue weighted by Gasteiger charge is -2.12. The highest BCUT2D eigenvalue weighted by atomic mass is 28.3. The molecule has 0 fully saturated rings. The van der Waals surface area contributed by atoms with E-state index in [0.29, 0.717) is 0 Å². The van der Waals surface area contributed by atoms with Crippen molar-refractivity contribution in [3.63, 3.8) is 0 Å². The fourth-order valence-electron chi connectivity index (χ4n) is 0.471. The van der Waals surface area contributed by atoms with Crippen LogP contribution in [0.25, 0.3) is 0 Å². The molecule has 0 bridgehead atoms. The Morgan fingerprint density at radius 2 is 2.00 bits per heavy atom. The number of hydrogen-bond donors (Lipinski definition) is 0. The molecule has 2 nitrogen and oxygen atoms in total. The zero-order valence-corrected chi connectivity index (χ0v) is 7.93. The number of nitrogens with zero attached hydrogens (tertiary/aromatic N) is 1. The van der Waals surface area contributed by atoms with Gasteiger partial charge in [-0.3, -0.25) is 0 Å². The fourth-order valence-corrected chi connectivity index (χ4v) is 1.27. The molecule has 56 valence electrons. The Kier molecular flexibility index (Phi) is 3.17. The largest absolute Gasteiger partial charge is 0.399 e. The maximum Gasteiger partial charge on any atom is 0.117 e. The molecule has 0 saturated carbocycles. The van der Waals surface area contributed by atoms with Gasteiger partial charge in [0.25, 0.3) is 0 Å². The summed E-state index contributed by atoms with van der Waals surface area (Å²) in [5, 5.41) is 4.53. The molecule has 0 aromatic rings. The number of hydrogen-bond acceptors (Lipinski definition) is 2. The van der Waals surface area contributed by atoms with Crippen molar-refractivity contribution >= 4 is 13.4 Å². The summed E-state index contributed by atoms with van der Waals surface area (Å²) in [4.78, 5) is 4.60. The van der Waals surface area contributed by atoms with Crippen LogP contribution in [0.15, 0.2) is 5.16 Å². The predicted molar refractivity (Wildman–Crippen MR) is 46.6 cm³/mol. The molecule has 0 radical (unpaired) electrons. The van der Waals surface area contributed by atoms with E-state index < -0.39 is 8.07 Å². The van der Waals surface area contributed by atoms with Crippen LogP contribution in [0.4, 0.5) is 0 Å². The summed E-state index contributed by atoms with van der Waals surface area (Å²) in [6.07, 6.45) is 5.22. The highest BCUT2D eigenvalue weighted by molar-refractivity contribution is 7.06. The zero-order valence-electron chi connectivity index (χ0n) is 6.93. The number of terminal acetylenes is 1. The highest BCUT2D eigenvalue weighted by Gasteiger charge is 2.20. The average Bonchev–Trinajstić information content (AvgIpc) is 1.80. The maximum atomic E-state index is 5.22. The quantitative estimate of drug-likeness (QED) is 0.256. The Hall–Kier alpha value is -0.753. The van der Waals surface area contributed by atoms with E-state index in [-0.39, 0.29) is 0 Å². The molecule has 0 aromatic heterocycles. The van der Waals surface area contributed by atoms with Gasteiger partial charge in [-0.2, -0.15) is 0 Å². The summed E-state index contributed by atoms with van der Waals surface area (Å²) < 4.78 is 0. The molecule has 0 N–H and O–H groups in total. The minimum atomic E-state index is -1.42. The molecule has 0 saturated heterocycles. The zero-order chi connectivity index (χ0) is 8.20. The Morgan fingerprint density at radius 1 is 1.50 bits per heavy atom. The maximum absolute atomic E-state index is 5.22. The van der Waals surface area contributed by atoms with Gasteiger partial charge in [0.2, 0.25) is 0 Å². The van der Waals surface area contributed by atoms with Gasteiger partial charge in [-0.05, 0) is 0 Å². The summed E-state index contributed by atoms with van der Waals surface area (Å²) in [6.45, 7) is 6.39. The van der Waals surface area contributed by atoms with Gasteiger partial charge in [0.1, 0.15) is 20.5 Å². The van der Waals surface area contributed by atoms with Crippen LogP contribution >= 0.6 is 0 Å². The van der Waals surface area contributed by atoms with Crippen molar-refractivity contribution in [2.24, 2.45) is 5.16 Å². The third-order valence-electron chi connectivity index (χ3n) is 1.03. The van der Waals surface area contributed by atoms with Crippen LogP contribution in [0.5, 0.6) is 0 Å². The molecule has 0 aliphatic rings. The second-order valence-corrected chi connectivity index (χ2v) is 7.99. The molecule has 3 heteroatoms. The predicted octanol–water partition coefficient (Wildman–Crippen LogP) is 1.50. The molecule has 0 heterocycles. The number of rotatable bonds is 2. The normalized spacial score (nSPS) is 12.5. The van der Waals surface area contributed by atoms with Crippen LogP contribution < -0.4 is 0 Å². The smallest absolute Gasteiger partial charge is 0.117 e. The van der Waals surface area contributed by atoms with Crippen molar-refractivity contribution in [3.05, 3.63) is 0 Å². The summed E-state index contributed by atoms with van der Waals surface area (Å²) in [7, 11) is 0.0927. The standard InChI is InChI=1S/C7H13NOSi/c1-6-7(8-9-2)10(3,4)5/h1H,2-5H3. The molecule has 0 unspecified atom stereocenters. The lowest BCUT2D eigenvalue weighted by atomic mass is 10.8. The highest BCUT2D eigenvalue weighted by Crippen LogP contribution is 2.02. The van der Waals surface area contributed by atoms with Crippen LogP contribution in [0.1, 0.15) is 0 Å². The van der Waals surface area contributed by atoms with E-state index in [4.69, 9.17) is 6.42 Å². The molecule has 0 amide bonds. The van der Waals surface area contributed by atoms with Gasteiger partial charge in [0.05, 0.1) is 0 Å². The van der Waals surface area contributed by atoms with Gasteiger partial charge in [-0.25, -0.2) is 0 Å². The lowest BCUT2D eigenvalue weighted by Crippen LogP contribution is -2.32. The Morgan fingerprint density at radius 3 is 2.10 bits per heavy atom. The summed E-state index contributed by atoms with van der Waals surface area (Å²) in [5.74, 6) is 2.53. The molecule has 0 aliphatic heterocycles. The molecule has 10 heavy (non-hydrogen) atoms. The first-order chi connectivity index (χ1) is 4.52. The Balaban J connectivity index is 4.41. The van der Waals surface area contributed by atoms with Crippen molar-refractivity contribution in [2.75, 3.05) is 7.11 Å². The second kappa shape index (κ2) is 3.42. The third-order valence-corrected chi connectivity index (χ3v) is 2.69. The molecule has 0 spiro atoms. The van der Waals surface area contributed by atoms with E-state index in [1.54, 1.807) is 0 Å². The van der Waals surface area contributed by atoms with Crippen molar-refractivity contribution < 1.29 is 4.84 Å². The monoisotopic (exact) mass is 155 g/mol. The van der Waals surface area contributed by atoms with Crippen molar-refractivity contribution in [1.29, 1.82) is 0 Å². The van der Waals surface area contributed by atoms with Crippen molar-refractivity contribution in [1.82, 2.24) is 0 Å². The molecule has 0 aromatic carbocycles. The third kappa shape index (κ3) is 2.69. The minimum absolute atomic E-state index is 0.773. The van der Waals surface area contributed by atoms with Crippen LogP contribution in [0.3, 0.4) is 0 Å². The first-order valence-corrected chi connectivity index (χ1v) is 6.60. The van der Waals surface area contributed by atoms with Crippen molar-refractivity contribution in [2.45, 2.75) is 19.6 Å². The summed E-state index contributed by atoms with van der Waals surface area (Å²) in [5.41, 5.74) is 0. The van der Waals surface area contributed by atoms with Gasteiger partial charge in [0.15, 0.2) is 0 Å². The topological polar surface area (TPSA) is 21.6 Å². The van der Waals surface area contributed by atoms with Gasteiger partial charge in [-0.1, -0.05) is 30.7 Å².